The molecule has 1 unspecified atom stereocenters. The summed E-state index contributed by atoms with van der Waals surface area (Å²) in [5.41, 5.74) is -0.100. The molecule has 0 aromatic carbocycles. The van der Waals surface area contributed by atoms with Gasteiger partial charge in [0, 0.05) is 31.1 Å². The molecule has 0 N–H and O–H groups in total. The van der Waals surface area contributed by atoms with Crippen LogP contribution in [0.25, 0.3) is 0 Å². The van der Waals surface area contributed by atoms with Gasteiger partial charge in [-0.25, -0.2) is 0 Å². The lowest BCUT2D eigenvalue weighted by Crippen LogP contribution is -2.57. The zero-order chi connectivity index (χ0) is 18.0. The number of Topliss-reactive ketones (excluding diaryl/α,β-unsaturated/α-hetero) is 2. The van der Waals surface area contributed by atoms with Crippen molar-refractivity contribution >= 4 is 17.5 Å². The van der Waals surface area contributed by atoms with Gasteiger partial charge in [0.25, 0.3) is 0 Å². The van der Waals surface area contributed by atoms with Crippen molar-refractivity contribution in [3.63, 3.8) is 0 Å². The van der Waals surface area contributed by atoms with Gasteiger partial charge >= 0.3 is 5.97 Å². The molecule has 0 radical (unpaired) electrons. The Hall–Kier alpha value is -1.19. The van der Waals surface area contributed by atoms with Crippen molar-refractivity contribution in [3.05, 3.63) is 0 Å². The summed E-state index contributed by atoms with van der Waals surface area (Å²) >= 11 is 0. The highest BCUT2D eigenvalue weighted by atomic mass is 16.5. The first-order valence-electron chi connectivity index (χ1n) is 9.99. The van der Waals surface area contributed by atoms with E-state index in [2.05, 4.69) is 13.8 Å². The number of ether oxygens (including phenoxy) is 1. The van der Waals surface area contributed by atoms with Crippen LogP contribution in [0.2, 0.25) is 0 Å². The molecule has 0 aromatic rings. The fraction of sp³-hybridized carbons (Fsp3) is 0.857. The maximum absolute atomic E-state index is 13.1. The summed E-state index contributed by atoms with van der Waals surface area (Å²) in [5.74, 6) is 1.61. The summed E-state index contributed by atoms with van der Waals surface area (Å²) in [6.07, 6.45) is 6.85. The number of fused-ring (bicyclic) bond motifs is 5. The zero-order valence-corrected chi connectivity index (χ0v) is 15.7. The minimum atomic E-state index is -0.255. The molecule has 4 fully saturated rings. The smallest absolute Gasteiger partial charge is 0.302 e. The van der Waals surface area contributed by atoms with E-state index in [9.17, 15) is 14.4 Å². The molecule has 0 spiro atoms. The molecule has 4 aliphatic rings. The second-order valence-corrected chi connectivity index (χ2v) is 9.54. The third kappa shape index (κ3) is 2.43. The Labute approximate surface area is 150 Å². The third-order valence-corrected chi connectivity index (χ3v) is 8.46. The maximum atomic E-state index is 13.1. The van der Waals surface area contributed by atoms with Crippen LogP contribution in [-0.4, -0.2) is 23.6 Å². The lowest BCUT2D eigenvalue weighted by atomic mass is 9.45. The molecule has 138 valence electrons. The number of carbonyl (C=O) groups is 3. The van der Waals surface area contributed by atoms with Crippen LogP contribution >= 0.6 is 0 Å². The molecular formula is C21H30O4. The highest BCUT2D eigenvalue weighted by Crippen LogP contribution is 2.64. The summed E-state index contributed by atoms with van der Waals surface area (Å²) in [4.78, 5) is 36.9. The van der Waals surface area contributed by atoms with Gasteiger partial charge in [0.15, 0.2) is 0 Å². The molecule has 4 nitrogen and oxygen atoms in total. The highest BCUT2D eigenvalue weighted by Gasteiger charge is 2.62. The molecule has 4 aliphatic carbocycles. The van der Waals surface area contributed by atoms with Gasteiger partial charge in [-0.1, -0.05) is 13.8 Å². The van der Waals surface area contributed by atoms with E-state index >= 15 is 0 Å². The monoisotopic (exact) mass is 346 g/mol. The quantitative estimate of drug-likeness (QED) is 0.679. The molecule has 25 heavy (non-hydrogen) atoms. The second-order valence-electron chi connectivity index (χ2n) is 9.54. The van der Waals surface area contributed by atoms with Gasteiger partial charge in [0.05, 0.1) is 0 Å². The van der Waals surface area contributed by atoms with E-state index in [4.69, 9.17) is 4.74 Å². The van der Waals surface area contributed by atoms with Crippen LogP contribution in [0.5, 0.6) is 0 Å². The van der Waals surface area contributed by atoms with E-state index in [0.717, 1.165) is 38.5 Å². The van der Waals surface area contributed by atoms with Crippen LogP contribution < -0.4 is 0 Å². The Bertz CT molecular complexity index is 625. The predicted octanol–water partition coefficient (Wildman–Crippen LogP) is 3.71. The Balaban J connectivity index is 1.60. The number of hydrogen-bond donors (Lipinski definition) is 0. The minimum Gasteiger partial charge on any atom is -0.463 e. The van der Waals surface area contributed by atoms with E-state index < -0.39 is 0 Å². The van der Waals surface area contributed by atoms with Crippen LogP contribution in [0, 0.1) is 34.5 Å². The van der Waals surface area contributed by atoms with Gasteiger partial charge in [-0.05, 0) is 61.7 Å². The van der Waals surface area contributed by atoms with Crippen LogP contribution in [-0.2, 0) is 19.1 Å². The first-order valence-corrected chi connectivity index (χ1v) is 9.99. The molecule has 0 bridgehead atoms. The van der Waals surface area contributed by atoms with Gasteiger partial charge in [0.2, 0.25) is 0 Å². The highest BCUT2D eigenvalue weighted by molar-refractivity contribution is 5.90. The SMILES string of the molecule is CC(=O)OC1CC[C@@]2(C)[C@@H](CC(=O)[C@@H]3[C@@H]2CC[C@]2(C)C(=O)CC[C@@H]32)C1. The van der Waals surface area contributed by atoms with Crippen molar-refractivity contribution in [2.45, 2.75) is 78.2 Å². The lowest BCUT2D eigenvalue weighted by molar-refractivity contribution is -0.166. The third-order valence-electron chi connectivity index (χ3n) is 8.46. The molecule has 0 heterocycles. The van der Waals surface area contributed by atoms with Crippen molar-refractivity contribution in [2.75, 3.05) is 0 Å². The summed E-state index contributed by atoms with van der Waals surface area (Å²) in [6, 6.07) is 0. The van der Waals surface area contributed by atoms with E-state index in [1.165, 1.54) is 6.92 Å². The van der Waals surface area contributed by atoms with Gasteiger partial charge in [0.1, 0.15) is 17.7 Å². The number of hydrogen-bond acceptors (Lipinski definition) is 4. The minimum absolute atomic E-state index is 0.0261. The topological polar surface area (TPSA) is 60.4 Å². The summed E-state index contributed by atoms with van der Waals surface area (Å²) in [5, 5.41) is 0. The van der Waals surface area contributed by atoms with Crippen LogP contribution in [0.3, 0.4) is 0 Å². The van der Waals surface area contributed by atoms with Gasteiger partial charge in [-0.15, -0.1) is 0 Å². The summed E-state index contributed by atoms with van der Waals surface area (Å²) in [7, 11) is 0. The Morgan fingerprint density at radius 1 is 1.08 bits per heavy atom. The second kappa shape index (κ2) is 5.65. The van der Waals surface area contributed by atoms with Crippen molar-refractivity contribution in [2.24, 2.45) is 34.5 Å². The molecule has 4 heteroatoms. The molecule has 7 atom stereocenters. The van der Waals surface area contributed by atoms with E-state index in [1.54, 1.807) is 0 Å². The average Bonchev–Trinajstić information content (AvgIpc) is 2.84. The van der Waals surface area contributed by atoms with Gasteiger partial charge in [-0.3, -0.25) is 14.4 Å². The lowest BCUT2D eigenvalue weighted by Gasteiger charge is -2.59. The Kier molecular flexibility index (Phi) is 3.90. The number of ketones is 2. The summed E-state index contributed by atoms with van der Waals surface area (Å²) in [6.45, 7) is 5.95. The van der Waals surface area contributed by atoms with Gasteiger partial charge in [-0.2, -0.15) is 0 Å². The van der Waals surface area contributed by atoms with Crippen molar-refractivity contribution < 1.29 is 19.1 Å². The number of esters is 1. The molecule has 4 saturated carbocycles. The number of carbonyl (C=O) groups excluding carboxylic acids is 3. The Morgan fingerprint density at radius 3 is 2.56 bits per heavy atom. The van der Waals surface area contributed by atoms with Crippen LogP contribution in [0.1, 0.15) is 72.1 Å². The fourth-order valence-corrected chi connectivity index (χ4v) is 7.01. The predicted molar refractivity (Wildman–Crippen MR) is 92.7 cm³/mol. The van der Waals surface area contributed by atoms with Crippen molar-refractivity contribution in [1.82, 2.24) is 0 Å². The molecular weight excluding hydrogens is 316 g/mol. The van der Waals surface area contributed by atoms with Gasteiger partial charge < -0.3 is 4.74 Å². The van der Waals surface area contributed by atoms with Crippen molar-refractivity contribution in [1.29, 1.82) is 0 Å². The molecule has 4 rings (SSSR count). The average molecular weight is 346 g/mol. The number of rotatable bonds is 1. The van der Waals surface area contributed by atoms with Crippen molar-refractivity contribution in [3.8, 4) is 0 Å². The molecule has 0 aliphatic heterocycles. The van der Waals surface area contributed by atoms with Crippen LogP contribution in [0.15, 0.2) is 0 Å². The Morgan fingerprint density at radius 2 is 1.84 bits per heavy atom. The fourth-order valence-electron chi connectivity index (χ4n) is 7.01. The molecule has 0 amide bonds. The normalized spacial score (nSPS) is 49.2. The molecule has 0 aromatic heterocycles. The largest absolute Gasteiger partial charge is 0.463 e. The first kappa shape index (κ1) is 17.2. The van der Waals surface area contributed by atoms with Crippen LogP contribution in [0.4, 0.5) is 0 Å². The van der Waals surface area contributed by atoms with E-state index in [0.29, 0.717) is 36.2 Å². The standard InChI is InChI=1S/C21H30O4/c1-12(22)25-14-6-8-20(2)13(10-14)11-17(23)19-15-4-5-18(24)21(15,3)9-7-16(19)20/h13-16,19H,4-11H2,1-3H3/t13-,14?,15+,16+,19+,20+,21+/m1/s1. The molecule has 0 saturated heterocycles. The first-order chi connectivity index (χ1) is 11.8. The maximum Gasteiger partial charge on any atom is 0.302 e. The van der Waals surface area contributed by atoms with E-state index in [1.807, 2.05) is 0 Å². The zero-order valence-electron chi connectivity index (χ0n) is 15.7. The summed E-state index contributed by atoms with van der Waals surface area (Å²) < 4.78 is 5.46. The van der Waals surface area contributed by atoms with E-state index in [-0.39, 0.29) is 34.7 Å².